The van der Waals surface area contributed by atoms with Crippen LogP contribution < -0.4 is 5.73 Å². The van der Waals surface area contributed by atoms with E-state index in [9.17, 15) is 13.2 Å². The van der Waals surface area contributed by atoms with Crippen LogP contribution >= 0.6 is 0 Å². The van der Waals surface area contributed by atoms with E-state index in [1.165, 1.54) is 5.01 Å². The van der Waals surface area contributed by atoms with Crippen LogP contribution in [-0.2, 0) is 14.6 Å². The number of carbonyl (C=O) groups is 1. The van der Waals surface area contributed by atoms with E-state index >= 15 is 0 Å². The molecule has 0 saturated carbocycles. The lowest BCUT2D eigenvalue weighted by Gasteiger charge is -2.19. The smallest absolute Gasteiger partial charge is 0.251 e. The van der Waals surface area contributed by atoms with Crippen molar-refractivity contribution in [3.8, 4) is 0 Å². The summed E-state index contributed by atoms with van der Waals surface area (Å²) in [6.07, 6.45) is 1.78. The topological polar surface area (TPSA) is 92.8 Å². The molecule has 2 heterocycles. The first-order chi connectivity index (χ1) is 8.48. The van der Waals surface area contributed by atoms with E-state index in [4.69, 9.17) is 5.73 Å². The van der Waals surface area contributed by atoms with Gasteiger partial charge in [-0.05, 0) is 25.8 Å². The molecule has 2 atom stereocenters. The van der Waals surface area contributed by atoms with Crippen molar-refractivity contribution >= 4 is 21.5 Å². The van der Waals surface area contributed by atoms with Crippen LogP contribution in [0.5, 0.6) is 0 Å². The molecule has 1 amide bonds. The Morgan fingerprint density at radius 3 is 2.72 bits per heavy atom. The highest BCUT2D eigenvalue weighted by Gasteiger charge is 2.41. The maximum atomic E-state index is 12.2. The maximum Gasteiger partial charge on any atom is 0.251 e. The second-order valence-electron chi connectivity index (χ2n) is 4.81. The summed E-state index contributed by atoms with van der Waals surface area (Å²) in [5.41, 5.74) is 6.34. The molecule has 7 heteroatoms. The van der Waals surface area contributed by atoms with Crippen molar-refractivity contribution < 1.29 is 13.2 Å². The molecule has 0 bridgehead atoms. The molecule has 1 fully saturated rings. The first-order valence-electron chi connectivity index (χ1n) is 6.29. The molecule has 1 saturated heterocycles. The highest BCUT2D eigenvalue weighted by Crippen LogP contribution is 2.27. The molecule has 2 rings (SSSR count). The minimum Gasteiger partial charge on any atom is -0.330 e. The van der Waals surface area contributed by atoms with Gasteiger partial charge in [0.05, 0.1) is 29.2 Å². The number of nitrogens with two attached hydrogens (primary N) is 1. The van der Waals surface area contributed by atoms with E-state index in [0.717, 1.165) is 5.71 Å². The Labute approximate surface area is 107 Å². The van der Waals surface area contributed by atoms with Crippen LogP contribution in [0.2, 0.25) is 0 Å². The summed E-state index contributed by atoms with van der Waals surface area (Å²) in [6.45, 7) is 2.39. The number of hydrogen-bond donors (Lipinski definition) is 1. The summed E-state index contributed by atoms with van der Waals surface area (Å²) in [4.78, 5) is 12.2. The molecule has 2 aliphatic rings. The van der Waals surface area contributed by atoms with Gasteiger partial charge >= 0.3 is 0 Å². The normalized spacial score (nSPS) is 30.9. The van der Waals surface area contributed by atoms with Crippen molar-refractivity contribution in [3.05, 3.63) is 0 Å². The van der Waals surface area contributed by atoms with Gasteiger partial charge in [0.2, 0.25) is 0 Å². The molecule has 0 aromatic heterocycles. The number of carbonyl (C=O) groups excluding carboxylic acids is 1. The van der Waals surface area contributed by atoms with Crippen LogP contribution in [0.25, 0.3) is 0 Å². The van der Waals surface area contributed by atoms with Crippen molar-refractivity contribution in [3.63, 3.8) is 0 Å². The van der Waals surface area contributed by atoms with Gasteiger partial charge in [-0.3, -0.25) is 4.79 Å². The van der Waals surface area contributed by atoms with Crippen LogP contribution in [0.4, 0.5) is 0 Å². The van der Waals surface area contributed by atoms with Gasteiger partial charge in [-0.15, -0.1) is 0 Å². The number of amides is 1. The molecule has 0 aromatic rings. The van der Waals surface area contributed by atoms with Gasteiger partial charge in [0, 0.05) is 0 Å². The van der Waals surface area contributed by atoms with Crippen molar-refractivity contribution in [2.24, 2.45) is 16.8 Å². The predicted molar refractivity (Wildman–Crippen MR) is 68.8 cm³/mol. The molecule has 0 aromatic carbocycles. The summed E-state index contributed by atoms with van der Waals surface area (Å²) < 4.78 is 22.9. The molecule has 18 heavy (non-hydrogen) atoms. The van der Waals surface area contributed by atoms with Crippen LogP contribution in [0, 0.1) is 5.92 Å². The van der Waals surface area contributed by atoms with E-state index in [2.05, 4.69) is 5.10 Å². The van der Waals surface area contributed by atoms with Crippen molar-refractivity contribution in [2.45, 2.75) is 32.2 Å². The highest BCUT2D eigenvalue weighted by atomic mass is 32.2. The third-order valence-electron chi connectivity index (χ3n) is 3.53. The molecule has 2 unspecified atom stereocenters. The van der Waals surface area contributed by atoms with Gasteiger partial charge in [-0.1, -0.05) is 6.92 Å². The van der Waals surface area contributed by atoms with E-state index in [0.29, 0.717) is 25.8 Å². The zero-order valence-corrected chi connectivity index (χ0v) is 11.3. The van der Waals surface area contributed by atoms with Gasteiger partial charge in [0.15, 0.2) is 9.84 Å². The quantitative estimate of drug-likeness (QED) is 0.764. The fourth-order valence-corrected chi connectivity index (χ4v) is 4.26. The third-order valence-corrected chi connectivity index (χ3v) is 5.28. The molecule has 0 aliphatic carbocycles. The minimum atomic E-state index is -3.00. The Kier molecular flexibility index (Phi) is 3.72. The Balaban J connectivity index is 2.16. The van der Waals surface area contributed by atoms with Crippen molar-refractivity contribution in [1.29, 1.82) is 0 Å². The summed E-state index contributed by atoms with van der Waals surface area (Å²) in [5.74, 6) is -0.142. The number of rotatable bonds is 4. The monoisotopic (exact) mass is 273 g/mol. The molecule has 0 radical (unpaired) electrons. The highest BCUT2D eigenvalue weighted by molar-refractivity contribution is 7.91. The number of nitrogens with zero attached hydrogens (tertiary/aromatic N) is 2. The Bertz CT molecular complexity index is 472. The summed E-state index contributed by atoms with van der Waals surface area (Å²) >= 11 is 0. The van der Waals surface area contributed by atoms with Gasteiger partial charge in [-0.25, -0.2) is 13.4 Å². The van der Waals surface area contributed by atoms with E-state index in [-0.39, 0.29) is 29.4 Å². The standard InChI is InChI=1S/C11H19N3O3S/c1-2-10-9(3-5-12)11(15)14(13-10)8-4-6-18(16,17)7-8/h8-9H,2-7,12H2,1H3. The number of hydrogen-bond acceptors (Lipinski definition) is 5. The zero-order chi connectivity index (χ0) is 13.3. The zero-order valence-electron chi connectivity index (χ0n) is 10.5. The lowest BCUT2D eigenvalue weighted by atomic mass is 9.97. The first-order valence-corrected chi connectivity index (χ1v) is 8.11. The van der Waals surface area contributed by atoms with Gasteiger partial charge in [0.1, 0.15) is 0 Å². The molecule has 2 aliphatic heterocycles. The average Bonchev–Trinajstić information content (AvgIpc) is 2.82. The molecule has 2 N–H and O–H groups in total. The van der Waals surface area contributed by atoms with Gasteiger partial charge in [-0.2, -0.15) is 5.10 Å². The summed E-state index contributed by atoms with van der Waals surface area (Å²) in [7, 11) is -3.00. The second kappa shape index (κ2) is 4.97. The van der Waals surface area contributed by atoms with E-state index in [1.807, 2.05) is 6.92 Å². The van der Waals surface area contributed by atoms with E-state index in [1.54, 1.807) is 0 Å². The Morgan fingerprint density at radius 1 is 1.50 bits per heavy atom. The Hall–Kier alpha value is -0.950. The lowest BCUT2D eigenvalue weighted by molar-refractivity contribution is -0.133. The van der Waals surface area contributed by atoms with Crippen molar-refractivity contribution in [1.82, 2.24) is 5.01 Å². The third kappa shape index (κ3) is 2.42. The SMILES string of the molecule is CCC1=NN(C2CCS(=O)(=O)C2)C(=O)C1CCN. The number of sulfone groups is 1. The van der Waals surface area contributed by atoms with Crippen LogP contribution in [0.3, 0.4) is 0 Å². The van der Waals surface area contributed by atoms with Crippen molar-refractivity contribution in [2.75, 3.05) is 18.1 Å². The van der Waals surface area contributed by atoms with Gasteiger partial charge < -0.3 is 5.73 Å². The molecule has 102 valence electrons. The molecular formula is C11H19N3O3S. The summed E-state index contributed by atoms with van der Waals surface area (Å²) in [6, 6.07) is -0.285. The first kappa shape index (κ1) is 13.5. The van der Waals surface area contributed by atoms with Gasteiger partial charge in [0.25, 0.3) is 5.91 Å². The fourth-order valence-electron chi connectivity index (χ4n) is 2.56. The van der Waals surface area contributed by atoms with Crippen LogP contribution in [0.1, 0.15) is 26.2 Å². The van der Waals surface area contributed by atoms with Crippen LogP contribution in [0.15, 0.2) is 5.10 Å². The van der Waals surface area contributed by atoms with Crippen LogP contribution in [-0.4, -0.2) is 49.1 Å². The second-order valence-corrected chi connectivity index (χ2v) is 7.04. The molecular weight excluding hydrogens is 254 g/mol. The minimum absolute atomic E-state index is 0.0363. The number of hydrazone groups is 1. The molecule has 6 nitrogen and oxygen atoms in total. The molecule has 0 spiro atoms. The fraction of sp³-hybridized carbons (Fsp3) is 0.818. The summed E-state index contributed by atoms with van der Waals surface area (Å²) in [5, 5.41) is 5.71. The average molecular weight is 273 g/mol. The maximum absolute atomic E-state index is 12.2. The lowest BCUT2D eigenvalue weighted by Crippen LogP contribution is -2.37. The largest absolute Gasteiger partial charge is 0.330 e. The predicted octanol–water partition coefficient (Wildman–Crippen LogP) is -0.253. The van der Waals surface area contributed by atoms with E-state index < -0.39 is 9.84 Å². The Morgan fingerprint density at radius 2 is 2.22 bits per heavy atom.